The van der Waals surface area contributed by atoms with Crippen molar-refractivity contribution in [2.24, 2.45) is 11.0 Å². The Hall–Kier alpha value is -5.24. The van der Waals surface area contributed by atoms with Gasteiger partial charge in [-0.25, -0.2) is 9.97 Å². The fraction of sp³-hybridized carbons (Fsp3) is 0.241. The average Bonchev–Trinajstić information content (AvgIpc) is 3.28. The van der Waals surface area contributed by atoms with Crippen molar-refractivity contribution in [3.63, 3.8) is 0 Å². The molecule has 0 bridgehead atoms. The number of methoxy groups -OCH3 is 1. The highest BCUT2D eigenvalue weighted by atomic mass is 16.5. The Morgan fingerprint density at radius 2 is 1.93 bits per heavy atom. The number of carbonyl (C=O) groups excluding carboxylic acids is 1. The minimum atomic E-state index is -0.700. The summed E-state index contributed by atoms with van der Waals surface area (Å²) >= 11 is 0. The number of para-hydroxylation sites is 1. The van der Waals surface area contributed by atoms with Crippen LogP contribution < -0.4 is 21.3 Å². The van der Waals surface area contributed by atoms with E-state index in [9.17, 15) is 9.59 Å². The summed E-state index contributed by atoms with van der Waals surface area (Å²) < 4.78 is 6.51. The molecule has 11 nitrogen and oxygen atoms in total. The van der Waals surface area contributed by atoms with Crippen LogP contribution in [0.15, 0.2) is 64.6 Å². The third-order valence-electron chi connectivity index (χ3n) is 6.77. The molecule has 4 aromatic rings. The number of ether oxygens (including phenoxy) is 1. The Morgan fingerprint density at radius 3 is 2.60 bits per heavy atom. The number of benzene rings is 2. The second kappa shape index (κ2) is 10.9. The lowest BCUT2D eigenvalue weighted by atomic mass is 10.0. The number of nitrogens with one attached hydrogen (secondary N) is 1. The first kappa shape index (κ1) is 26.4. The van der Waals surface area contributed by atoms with E-state index in [1.165, 1.54) is 17.9 Å². The molecule has 3 atom stereocenters. The highest BCUT2D eigenvalue weighted by molar-refractivity contribution is 5.96. The van der Waals surface area contributed by atoms with E-state index >= 15 is 0 Å². The molecular formula is C29H28N8O3. The van der Waals surface area contributed by atoms with Crippen molar-refractivity contribution in [3.8, 4) is 23.4 Å². The van der Waals surface area contributed by atoms with Crippen LogP contribution >= 0.6 is 0 Å². The number of hydrogen-bond acceptors (Lipinski definition) is 9. The molecule has 0 fully saturated rings. The van der Waals surface area contributed by atoms with Gasteiger partial charge in [-0.15, -0.1) is 0 Å². The molecule has 2 unspecified atom stereocenters. The van der Waals surface area contributed by atoms with E-state index in [0.717, 1.165) is 0 Å². The predicted molar refractivity (Wildman–Crippen MR) is 152 cm³/mol. The highest BCUT2D eigenvalue weighted by Gasteiger charge is 2.24. The molecule has 11 heteroatoms. The molecule has 0 saturated carbocycles. The number of hydrogen-bond donors (Lipinski definition) is 2. The summed E-state index contributed by atoms with van der Waals surface area (Å²) in [5.74, 6) is 6.25. The molecule has 1 amide bonds. The largest absolute Gasteiger partial charge is 0.480 e. The first-order valence-corrected chi connectivity index (χ1v) is 12.7. The first-order valence-electron chi connectivity index (χ1n) is 12.7. The minimum Gasteiger partial charge on any atom is -0.480 e. The summed E-state index contributed by atoms with van der Waals surface area (Å²) in [4.78, 5) is 40.1. The van der Waals surface area contributed by atoms with Gasteiger partial charge in [0.15, 0.2) is 11.5 Å². The molecule has 202 valence electrons. The molecule has 0 aliphatic carbocycles. The lowest BCUT2D eigenvalue weighted by Gasteiger charge is -2.20. The second-order valence-electron chi connectivity index (χ2n) is 9.36. The Bertz CT molecular complexity index is 1740. The van der Waals surface area contributed by atoms with E-state index in [-0.39, 0.29) is 34.9 Å². The van der Waals surface area contributed by atoms with Crippen molar-refractivity contribution in [2.45, 2.75) is 25.9 Å². The third kappa shape index (κ3) is 4.94. The number of nitrogen functional groups attached to an aromatic ring is 1. The van der Waals surface area contributed by atoms with Gasteiger partial charge in [0.1, 0.15) is 5.82 Å². The number of fused-ring (bicyclic) bond motifs is 1. The fourth-order valence-electron chi connectivity index (χ4n) is 4.42. The van der Waals surface area contributed by atoms with Crippen LogP contribution in [0.1, 0.15) is 41.8 Å². The van der Waals surface area contributed by atoms with E-state index < -0.39 is 11.9 Å². The molecule has 40 heavy (non-hydrogen) atoms. The smallest absolute Gasteiger partial charge is 0.274 e. The number of nitrogens with zero attached hydrogens (tertiary/aromatic N) is 6. The number of rotatable bonds is 5. The van der Waals surface area contributed by atoms with Gasteiger partial charge in [0, 0.05) is 18.8 Å². The monoisotopic (exact) mass is 536 g/mol. The van der Waals surface area contributed by atoms with Crippen molar-refractivity contribution in [3.05, 3.63) is 82.2 Å². The van der Waals surface area contributed by atoms with Crippen LogP contribution in [-0.2, 0) is 0 Å². The van der Waals surface area contributed by atoms with Gasteiger partial charge in [-0.05, 0) is 38.1 Å². The van der Waals surface area contributed by atoms with E-state index in [1.807, 2.05) is 55.5 Å². The molecule has 5 rings (SSSR count). The molecule has 0 spiro atoms. The fourth-order valence-corrected chi connectivity index (χ4v) is 4.42. The van der Waals surface area contributed by atoms with Gasteiger partial charge in [0.25, 0.3) is 11.5 Å². The summed E-state index contributed by atoms with van der Waals surface area (Å²) in [5.41, 5.74) is 7.20. The van der Waals surface area contributed by atoms with Crippen molar-refractivity contribution in [2.75, 3.05) is 19.9 Å². The SMILES string of the molecule is COc1cnc(C(=O)N[C@H](C)c2nc3cccc(C#CC4C=NN(C)C4C)c3c(=O)n2-c2ccccc2)c(N)n1. The maximum Gasteiger partial charge on any atom is 0.274 e. The van der Waals surface area contributed by atoms with Gasteiger partial charge < -0.3 is 15.8 Å². The van der Waals surface area contributed by atoms with Crippen LogP contribution in [0.3, 0.4) is 0 Å². The molecule has 3 N–H and O–H groups in total. The number of carbonyl (C=O) groups is 1. The van der Waals surface area contributed by atoms with Crippen LogP contribution in [-0.4, -0.2) is 56.8 Å². The summed E-state index contributed by atoms with van der Waals surface area (Å²) in [6.07, 6.45) is 3.12. The van der Waals surface area contributed by atoms with Crippen molar-refractivity contribution < 1.29 is 9.53 Å². The van der Waals surface area contributed by atoms with Gasteiger partial charge in [-0.2, -0.15) is 10.1 Å². The normalized spacial score (nSPS) is 16.9. The van der Waals surface area contributed by atoms with Crippen LogP contribution in [0, 0.1) is 17.8 Å². The molecular weight excluding hydrogens is 508 g/mol. The molecule has 2 aromatic carbocycles. The number of aromatic nitrogens is 4. The van der Waals surface area contributed by atoms with Crippen LogP contribution in [0.5, 0.6) is 5.88 Å². The number of nitrogens with two attached hydrogens (primary N) is 1. The summed E-state index contributed by atoms with van der Waals surface area (Å²) in [5, 5.41) is 9.40. The maximum atomic E-state index is 14.1. The van der Waals surface area contributed by atoms with Crippen LogP contribution in [0.25, 0.3) is 16.6 Å². The van der Waals surface area contributed by atoms with Crippen LogP contribution in [0.2, 0.25) is 0 Å². The number of hydrazone groups is 1. The average molecular weight is 537 g/mol. The van der Waals surface area contributed by atoms with E-state index in [2.05, 4.69) is 32.2 Å². The Morgan fingerprint density at radius 1 is 1.15 bits per heavy atom. The molecule has 0 saturated heterocycles. The maximum absolute atomic E-state index is 14.1. The molecule has 3 heterocycles. The topological polar surface area (TPSA) is 141 Å². The number of anilines is 1. The summed E-state index contributed by atoms with van der Waals surface area (Å²) in [6, 6.07) is 13.9. The summed E-state index contributed by atoms with van der Waals surface area (Å²) in [6.45, 7) is 3.78. The quantitative estimate of drug-likeness (QED) is 0.371. The van der Waals surface area contributed by atoms with Gasteiger partial charge >= 0.3 is 0 Å². The van der Waals surface area contributed by atoms with E-state index in [0.29, 0.717) is 28.0 Å². The molecule has 2 aromatic heterocycles. The van der Waals surface area contributed by atoms with Crippen LogP contribution in [0.4, 0.5) is 5.82 Å². The predicted octanol–water partition coefficient (Wildman–Crippen LogP) is 2.54. The minimum absolute atomic E-state index is 0.0602. The summed E-state index contributed by atoms with van der Waals surface area (Å²) in [7, 11) is 3.33. The van der Waals surface area contributed by atoms with Gasteiger partial charge in [-0.3, -0.25) is 19.2 Å². The standard InChI is InChI=1S/C29H28N8O3/c1-17(33-28(38)25-26(30)35-23(40-4)16-31-25)27-34-22-12-8-9-19(13-14-20-15-32-36(3)18(20)2)24(22)29(39)37(27)21-10-6-5-7-11-21/h5-12,15-18,20H,1-4H3,(H2,30,35)(H,33,38)/t17-,18?,20?/m1/s1. The van der Waals surface area contributed by atoms with E-state index in [4.69, 9.17) is 15.5 Å². The van der Waals surface area contributed by atoms with Gasteiger partial charge in [0.2, 0.25) is 5.88 Å². The first-order chi connectivity index (χ1) is 19.3. The Labute approximate surface area is 230 Å². The number of amides is 1. The van der Waals surface area contributed by atoms with Gasteiger partial charge in [-0.1, -0.05) is 36.1 Å². The molecule has 0 radical (unpaired) electrons. The highest BCUT2D eigenvalue weighted by Crippen LogP contribution is 2.22. The van der Waals surface area contributed by atoms with E-state index in [1.54, 1.807) is 25.1 Å². The lowest BCUT2D eigenvalue weighted by Crippen LogP contribution is -2.34. The Kier molecular flexibility index (Phi) is 7.16. The van der Waals surface area contributed by atoms with Crippen molar-refractivity contribution in [1.29, 1.82) is 0 Å². The van der Waals surface area contributed by atoms with Crippen molar-refractivity contribution >= 4 is 28.8 Å². The zero-order valence-corrected chi connectivity index (χ0v) is 22.5. The zero-order chi connectivity index (χ0) is 28.4. The van der Waals surface area contributed by atoms with Gasteiger partial charge in [0.05, 0.1) is 47.9 Å². The second-order valence-corrected chi connectivity index (χ2v) is 9.36. The molecule has 1 aliphatic rings. The third-order valence-corrected chi connectivity index (χ3v) is 6.77. The van der Waals surface area contributed by atoms with Crippen molar-refractivity contribution in [1.82, 2.24) is 29.8 Å². The zero-order valence-electron chi connectivity index (χ0n) is 22.5. The molecule has 1 aliphatic heterocycles. The lowest BCUT2D eigenvalue weighted by molar-refractivity contribution is 0.0933. The Balaban J connectivity index is 1.60.